The van der Waals surface area contributed by atoms with E-state index >= 15 is 0 Å². The third-order valence-corrected chi connectivity index (χ3v) is 5.60. The van der Waals surface area contributed by atoms with Crippen LogP contribution in [-0.4, -0.2) is 41.3 Å². The van der Waals surface area contributed by atoms with Crippen LogP contribution in [-0.2, 0) is 10.0 Å². The van der Waals surface area contributed by atoms with Crippen molar-refractivity contribution >= 4 is 22.4 Å². The fourth-order valence-corrected chi connectivity index (χ4v) is 4.04. The molecule has 25 heavy (non-hydrogen) atoms. The van der Waals surface area contributed by atoms with Crippen LogP contribution in [0.3, 0.4) is 0 Å². The molecule has 0 amide bonds. The maximum Gasteiger partial charge on any atom is 0.240 e. The maximum absolute atomic E-state index is 12.6. The number of hydrogen-bond donors (Lipinski definition) is 2. The van der Waals surface area contributed by atoms with Gasteiger partial charge in [0.25, 0.3) is 0 Å². The van der Waals surface area contributed by atoms with Gasteiger partial charge in [-0.3, -0.25) is 0 Å². The molecule has 0 bridgehead atoms. The summed E-state index contributed by atoms with van der Waals surface area (Å²) in [7, 11) is -3.58. The van der Waals surface area contributed by atoms with Gasteiger partial charge in [-0.2, -0.15) is 0 Å². The Kier molecular flexibility index (Phi) is 8.47. The van der Waals surface area contributed by atoms with Crippen molar-refractivity contribution in [2.45, 2.75) is 38.5 Å². The molecule has 0 aliphatic carbocycles. The minimum Gasteiger partial charge on any atom is -0.490 e. The lowest BCUT2D eigenvalue weighted by molar-refractivity contribution is 0.238. The van der Waals surface area contributed by atoms with E-state index in [0.29, 0.717) is 31.3 Å². The van der Waals surface area contributed by atoms with Gasteiger partial charge in [-0.1, -0.05) is 6.92 Å². The smallest absolute Gasteiger partial charge is 0.240 e. The first-order valence-electron chi connectivity index (χ1n) is 8.50. The van der Waals surface area contributed by atoms with E-state index in [4.69, 9.17) is 9.47 Å². The van der Waals surface area contributed by atoms with E-state index in [2.05, 4.69) is 17.0 Å². The van der Waals surface area contributed by atoms with Gasteiger partial charge >= 0.3 is 0 Å². The Morgan fingerprint density at radius 2 is 1.88 bits per heavy atom. The molecule has 1 fully saturated rings. The fraction of sp³-hybridized carbons (Fsp3) is 0.647. The second kappa shape index (κ2) is 9.62. The zero-order valence-corrected chi connectivity index (χ0v) is 16.8. The van der Waals surface area contributed by atoms with E-state index in [1.807, 2.05) is 13.8 Å². The van der Waals surface area contributed by atoms with Crippen LogP contribution in [0.4, 0.5) is 0 Å². The summed E-state index contributed by atoms with van der Waals surface area (Å²) in [5.41, 5.74) is -0.0562. The summed E-state index contributed by atoms with van der Waals surface area (Å²) in [6, 6.07) is 4.72. The van der Waals surface area contributed by atoms with Gasteiger partial charge in [-0.25, -0.2) is 13.1 Å². The van der Waals surface area contributed by atoms with Gasteiger partial charge in [0.05, 0.1) is 18.1 Å². The number of ether oxygens (including phenoxy) is 2. The standard InChI is InChI=1S/C17H28N2O4S.ClH/c1-4-22-15-8-7-14(11-16(15)23-5-2)24(20,21)19-13-17(3)9-6-10-18-12-17;/h7-8,11,18-19H,4-6,9-10,12-13H2,1-3H3;1H. The quantitative estimate of drug-likeness (QED) is 0.711. The van der Waals surface area contributed by atoms with E-state index < -0.39 is 10.0 Å². The number of halogens is 1. The van der Waals surface area contributed by atoms with Crippen molar-refractivity contribution in [3.05, 3.63) is 18.2 Å². The molecular formula is C17H29ClN2O4S. The topological polar surface area (TPSA) is 76.7 Å². The molecule has 2 rings (SSSR count). The number of nitrogens with one attached hydrogen (secondary N) is 2. The van der Waals surface area contributed by atoms with Crippen LogP contribution in [0.25, 0.3) is 0 Å². The fourth-order valence-electron chi connectivity index (χ4n) is 2.82. The Labute approximate surface area is 157 Å². The van der Waals surface area contributed by atoms with Crippen molar-refractivity contribution in [2.24, 2.45) is 5.41 Å². The first-order valence-corrected chi connectivity index (χ1v) is 9.98. The Balaban J connectivity index is 0.00000312. The summed E-state index contributed by atoms with van der Waals surface area (Å²) in [6.45, 7) is 9.01. The lowest BCUT2D eigenvalue weighted by atomic mass is 9.83. The molecule has 8 heteroatoms. The highest BCUT2D eigenvalue weighted by Crippen LogP contribution is 2.31. The van der Waals surface area contributed by atoms with Crippen molar-refractivity contribution in [3.63, 3.8) is 0 Å². The SMILES string of the molecule is CCOc1ccc(S(=O)(=O)NCC2(C)CCCNC2)cc1OCC.Cl. The minimum atomic E-state index is -3.58. The minimum absolute atomic E-state index is 0. The third-order valence-electron chi connectivity index (χ3n) is 4.20. The molecule has 6 nitrogen and oxygen atoms in total. The molecule has 1 aromatic carbocycles. The van der Waals surface area contributed by atoms with Gasteiger partial charge < -0.3 is 14.8 Å². The number of sulfonamides is 1. The van der Waals surface area contributed by atoms with Gasteiger partial charge in [0.2, 0.25) is 10.0 Å². The van der Waals surface area contributed by atoms with Crippen LogP contribution in [0, 0.1) is 5.41 Å². The molecule has 0 aromatic heterocycles. The maximum atomic E-state index is 12.6. The third kappa shape index (κ3) is 6.02. The van der Waals surface area contributed by atoms with E-state index in [1.54, 1.807) is 12.1 Å². The van der Waals surface area contributed by atoms with Crippen molar-refractivity contribution < 1.29 is 17.9 Å². The first kappa shape index (κ1) is 22.0. The van der Waals surface area contributed by atoms with Crippen molar-refractivity contribution in [1.29, 1.82) is 0 Å². The van der Waals surface area contributed by atoms with Gasteiger partial charge in [0.15, 0.2) is 11.5 Å². The van der Waals surface area contributed by atoms with Gasteiger partial charge in [0, 0.05) is 19.2 Å². The lowest BCUT2D eigenvalue weighted by Crippen LogP contribution is -2.45. The van der Waals surface area contributed by atoms with E-state index in [1.165, 1.54) is 6.07 Å². The van der Waals surface area contributed by atoms with Crippen LogP contribution < -0.4 is 19.5 Å². The molecule has 144 valence electrons. The highest BCUT2D eigenvalue weighted by atomic mass is 35.5. The molecule has 1 aromatic rings. The molecular weight excluding hydrogens is 364 g/mol. The van der Waals surface area contributed by atoms with Gasteiger partial charge in [-0.05, 0) is 50.8 Å². The average Bonchev–Trinajstić information content (AvgIpc) is 2.56. The van der Waals surface area contributed by atoms with E-state index in [9.17, 15) is 8.42 Å². The Morgan fingerprint density at radius 1 is 1.20 bits per heavy atom. The van der Waals surface area contributed by atoms with Gasteiger partial charge in [0.1, 0.15) is 0 Å². The highest BCUT2D eigenvalue weighted by Gasteiger charge is 2.29. The van der Waals surface area contributed by atoms with E-state index in [-0.39, 0.29) is 22.7 Å². The summed E-state index contributed by atoms with van der Waals surface area (Å²) in [4.78, 5) is 0.196. The van der Waals surface area contributed by atoms with Crippen molar-refractivity contribution in [2.75, 3.05) is 32.8 Å². The molecule has 1 aliphatic rings. The molecule has 1 heterocycles. The van der Waals surface area contributed by atoms with Crippen LogP contribution >= 0.6 is 12.4 Å². The average molecular weight is 393 g/mol. The molecule has 1 atom stereocenters. The summed E-state index contributed by atoms with van der Waals surface area (Å²) >= 11 is 0. The monoisotopic (exact) mass is 392 g/mol. The largest absolute Gasteiger partial charge is 0.490 e. The highest BCUT2D eigenvalue weighted by molar-refractivity contribution is 7.89. The van der Waals surface area contributed by atoms with E-state index in [0.717, 1.165) is 25.9 Å². The molecule has 0 radical (unpaired) electrons. The lowest BCUT2D eigenvalue weighted by Gasteiger charge is -2.34. The molecule has 1 unspecified atom stereocenters. The summed E-state index contributed by atoms with van der Waals surface area (Å²) < 4.78 is 39.0. The molecule has 0 spiro atoms. The molecule has 2 N–H and O–H groups in total. The van der Waals surface area contributed by atoms with Crippen LogP contribution in [0.2, 0.25) is 0 Å². The van der Waals surface area contributed by atoms with Crippen molar-refractivity contribution in [3.8, 4) is 11.5 Å². The number of hydrogen-bond acceptors (Lipinski definition) is 5. The number of benzene rings is 1. The zero-order chi connectivity index (χ0) is 17.6. The second-order valence-corrected chi connectivity index (χ2v) is 8.16. The predicted octanol–water partition coefficient (Wildman–Crippen LogP) is 2.57. The number of rotatable bonds is 8. The van der Waals surface area contributed by atoms with Crippen LogP contribution in [0.5, 0.6) is 11.5 Å². The molecule has 0 saturated carbocycles. The summed E-state index contributed by atoms with van der Waals surface area (Å²) in [6.07, 6.45) is 2.08. The number of piperidine rings is 1. The van der Waals surface area contributed by atoms with Gasteiger partial charge in [-0.15, -0.1) is 12.4 Å². The molecule has 1 saturated heterocycles. The zero-order valence-electron chi connectivity index (χ0n) is 15.1. The van der Waals surface area contributed by atoms with Crippen molar-refractivity contribution in [1.82, 2.24) is 10.0 Å². The molecule has 1 aliphatic heterocycles. The Bertz CT molecular complexity index is 646. The first-order chi connectivity index (χ1) is 11.4. The Hall–Kier alpha value is -1.02. The van der Waals surface area contributed by atoms with Crippen LogP contribution in [0.1, 0.15) is 33.6 Å². The van der Waals surface area contributed by atoms with Crippen LogP contribution in [0.15, 0.2) is 23.1 Å². The second-order valence-electron chi connectivity index (χ2n) is 6.39. The predicted molar refractivity (Wildman–Crippen MR) is 101 cm³/mol. The normalized spacial score (nSPS) is 20.6. The Morgan fingerprint density at radius 3 is 2.48 bits per heavy atom. The summed E-state index contributed by atoms with van der Waals surface area (Å²) in [5, 5.41) is 3.33. The summed E-state index contributed by atoms with van der Waals surface area (Å²) in [5.74, 6) is 1.01.